The number of ether oxygens (including phenoxy) is 1. The first-order valence-electron chi connectivity index (χ1n) is 9.71. The Hall–Kier alpha value is -2.56. The molecule has 1 amide bonds. The van der Waals surface area contributed by atoms with Crippen molar-refractivity contribution in [2.24, 2.45) is 7.05 Å². The first-order chi connectivity index (χ1) is 13.1. The molecule has 1 N–H and O–H groups in total. The van der Waals surface area contributed by atoms with Gasteiger partial charge < -0.3 is 10.1 Å². The largest absolute Gasteiger partial charge is 0.494 e. The maximum Gasteiger partial charge on any atom is 0.269 e. The normalized spacial score (nSPS) is 10.6. The van der Waals surface area contributed by atoms with Gasteiger partial charge in [0.1, 0.15) is 11.4 Å². The number of allylic oxidation sites excluding steroid dienone is 1. The summed E-state index contributed by atoms with van der Waals surface area (Å²) in [6.07, 6.45) is 9.09. The fourth-order valence-corrected chi connectivity index (χ4v) is 2.95. The Labute approximate surface area is 162 Å². The van der Waals surface area contributed by atoms with Gasteiger partial charge in [0.05, 0.1) is 12.3 Å². The van der Waals surface area contributed by atoms with E-state index in [0.717, 1.165) is 36.5 Å². The standard InChI is InChI=1S/C22H31N3O2/c1-4-5-6-7-8-9-10-14-27-20-13-11-12-19(16-20)17-23-22(26)21-15-18(2)24-25(21)3/h4,11-13,15-16H,1,5-10,14,17H2,2-3H3,(H,23,26). The average molecular weight is 370 g/mol. The SMILES string of the molecule is C=CCCCCCCCOc1cccc(CNC(=O)c2cc(C)nn2C)c1. The van der Waals surface area contributed by atoms with Crippen LogP contribution in [-0.4, -0.2) is 22.3 Å². The van der Waals surface area contributed by atoms with Gasteiger partial charge in [-0.2, -0.15) is 5.10 Å². The minimum absolute atomic E-state index is 0.124. The molecule has 1 heterocycles. The number of aromatic nitrogens is 2. The second-order valence-corrected chi connectivity index (χ2v) is 6.82. The second kappa shape index (κ2) is 11.2. The maximum atomic E-state index is 12.3. The highest BCUT2D eigenvalue weighted by Gasteiger charge is 2.11. The van der Waals surface area contributed by atoms with Crippen molar-refractivity contribution >= 4 is 5.91 Å². The number of carbonyl (C=O) groups is 1. The number of nitrogens with zero attached hydrogens (tertiary/aromatic N) is 2. The lowest BCUT2D eigenvalue weighted by Crippen LogP contribution is -2.25. The molecule has 0 aliphatic carbocycles. The predicted molar refractivity (Wildman–Crippen MR) is 109 cm³/mol. The summed E-state index contributed by atoms with van der Waals surface area (Å²) in [5.41, 5.74) is 2.41. The molecule has 0 saturated carbocycles. The zero-order valence-corrected chi connectivity index (χ0v) is 16.5. The molecule has 0 saturated heterocycles. The van der Waals surface area contributed by atoms with E-state index >= 15 is 0 Å². The van der Waals surface area contributed by atoms with Crippen molar-refractivity contribution in [1.82, 2.24) is 15.1 Å². The Morgan fingerprint density at radius 2 is 2.00 bits per heavy atom. The summed E-state index contributed by atoms with van der Waals surface area (Å²) in [6, 6.07) is 9.67. The van der Waals surface area contributed by atoms with Crippen LogP contribution < -0.4 is 10.1 Å². The van der Waals surface area contributed by atoms with Gasteiger partial charge in [0.2, 0.25) is 0 Å². The van der Waals surface area contributed by atoms with E-state index in [-0.39, 0.29) is 5.91 Å². The van der Waals surface area contributed by atoms with Crippen LogP contribution in [0, 0.1) is 6.92 Å². The molecule has 0 aliphatic rings. The number of benzene rings is 1. The van der Waals surface area contributed by atoms with Crippen molar-refractivity contribution in [2.75, 3.05) is 6.61 Å². The van der Waals surface area contributed by atoms with Crippen LogP contribution in [-0.2, 0) is 13.6 Å². The van der Waals surface area contributed by atoms with Gasteiger partial charge in [-0.25, -0.2) is 0 Å². The van der Waals surface area contributed by atoms with Crippen LogP contribution in [0.15, 0.2) is 43.0 Å². The Kier molecular flexibility index (Phi) is 8.62. The van der Waals surface area contributed by atoms with Crippen LogP contribution in [0.4, 0.5) is 0 Å². The molecule has 5 nitrogen and oxygen atoms in total. The smallest absolute Gasteiger partial charge is 0.269 e. The molecule has 0 radical (unpaired) electrons. The van der Waals surface area contributed by atoms with E-state index in [4.69, 9.17) is 4.74 Å². The molecule has 0 atom stereocenters. The first kappa shape index (κ1) is 20.7. The van der Waals surface area contributed by atoms with Crippen molar-refractivity contribution in [3.63, 3.8) is 0 Å². The molecule has 27 heavy (non-hydrogen) atoms. The van der Waals surface area contributed by atoms with Gasteiger partial charge in [0, 0.05) is 13.6 Å². The Morgan fingerprint density at radius 3 is 2.74 bits per heavy atom. The first-order valence-corrected chi connectivity index (χ1v) is 9.71. The third kappa shape index (κ3) is 7.29. The highest BCUT2D eigenvalue weighted by atomic mass is 16.5. The fourth-order valence-electron chi connectivity index (χ4n) is 2.95. The van der Waals surface area contributed by atoms with Crippen molar-refractivity contribution < 1.29 is 9.53 Å². The molecule has 146 valence electrons. The molecule has 2 aromatic rings. The van der Waals surface area contributed by atoms with E-state index < -0.39 is 0 Å². The summed E-state index contributed by atoms with van der Waals surface area (Å²) >= 11 is 0. The topological polar surface area (TPSA) is 56.1 Å². The Bertz CT molecular complexity index is 737. The number of nitrogens with one attached hydrogen (secondary N) is 1. The average Bonchev–Trinajstić information content (AvgIpc) is 3.00. The van der Waals surface area contributed by atoms with Crippen molar-refractivity contribution in [1.29, 1.82) is 0 Å². The summed E-state index contributed by atoms with van der Waals surface area (Å²) in [5, 5.41) is 7.14. The molecular formula is C22H31N3O2. The van der Waals surface area contributed by atoms with E-state index in [1.165, 1.54) is 25.7 Å². The van der Waals surface area contributed by atoms with Gasteiger partial charge in [0.15, 0.2) is 0 Å². The lowest BCUT2D eigenvalue weighted by atomic mass is 10.1. The fraction of sp³-hybridized carbons (Fsp3) is 0.455. The van der Waals surface area contributed by atoms with Gasteiger partial charge in [-0.15, -0.1) is 6.58 Å². The van der Waals surface area contributed by atoms with Crippen LogP contribution in [0.25, 0.3) is 0 Å². The molecule has 1 aromatic carbocycles. The van der Waals surface area contributed by atoms with E-state index in [9.17, 15) is 4.79 Å². The summed E-state index contributed by atoms with van der Waals surface area (Å²) in [6.45, 7) is 6.81. The highest BCUT2D eigenvalue weighted by molar-refractivity contribution is 5.92. The summed E-state index contributed by atoms with van der Waals surface area (Å²) in [5.74, 6) is 0.727. The number of aryl methyl sites for hydroxylation is 2. The van der Waals surface area contributed by atoms with Crippen molar-refractivity contribution in [2.45, 2.75) is 52.0 Å². The van der Waals surface area contributed by atoms with E-state index in [2.05, 4.69) is 17.0 Å². The second-order valence-electron chi connectivity index (χ2n) is 6.82. The minimum atomic E-state index is -0.124. The van der Waals surface area contributed by atoms with Crippen LogP contribution in [0.2, 0.25) is 0 Å². The van der Waals surface area contributed by atoms with Crippen LogP contribution in [0.5, 0.6) is 5.75 Å². The number of rotatable bonds is 12. The molecule has 1 aromatic heterocycles. The maximum absolute atomic E-state index is 12.3. The highest BCUT2D eigenvalue weighted by Crippen LogP contribution is 2.15. The van der Waals surface area contributed by atoms with Crippen LogP contribution in [0.1, 0.15) is 60.3 Å². The van der Waals surface area contributed by atoms with Gasteiger partial charge >= 0.3 is 0 Å². The predicted octanol–water partition coefficient (Wildman–Crippen LogP) is 4.56. The molecule has 0 bridgehead atoms. The zero-order chi connectivity index (χ0) is 19.5. The summed E-state index contributed by atoms with van der Waals surface area (Å²) < 4.78 is 7.44. The summed E-state index contributed by atoms with van der Waals surface area (Å²) in [7, 11) is 1.77. The Balaban J connectivity index is 1.71. The summed E-state index contributed by atoms with van der Waals surface area (Å²) in [4.78, 5) is 12.3. The quantitative estimate of drug-likeness (QED) is 0.441. The van der Waals surface area contributed by atoms with Crippen LogP contribution in [0.3, 0.4) is 0 Å². The third-order valence-electron chi connectivity index (χ3n) is 4.41. The molecule has 0 unspecified atom stereocenters. The molecule has 0 spiro atoms. The van der Waals surface area contributed by atoms with Crippen molar-refractivity contribution in [3.05, 3.63) is 59.9 Å². The minimum Gasteiger partial charge on any atom is -0.494 e. The van der Waals surface area contributed by atoms with Crippen molar-refractivity contribution in [3.8, 4) is 5.75 Å². The third-order valence-corrected chi connectivity index (χ3v) is 4.41. The lowest BCUT2D eigenvalue weighted by Gasteiger charge is -2.09. The lowest BCUT2D eigenvalue weighted by molar-refractivity contribution is 0.0941. The monoisotopic (exact) mass is 369 g/mol. The zero-order valence-electron chi connectivity index (χ0n) is 16.5. The molecule has 5 heteroatoms. The van der Waals surface area contributed by atoms with Gasteiger partial charge in [0.25, 0.3) is 5.91 Å². The molecular weight excluding hydrogens is 338 g/mol. The van der Waals surface area contributed by atoms with Crippen LogP contribution >= 0.6 is 0 Å². The van der Waals surface area contributed by atoms with Gasteiger partial charge in [-0.05, 0) is 49.9 Å². The van der Waals surface area contributed by atoms with E-state index in [0.29, 0.717) is 12.2 Å². The Morgan fingerprint density at radius 1 is 1.22 bits per heavy atom. The molecule has 0 aliphatic heterocycles. The van der Waals surface area contributed by atoms with E-state index in [1.807, 2.05) is 37.3 Å². The van der Waals surface area contributed by atoms with Gasteiger partial charge in [-0.1, -0.05) is 37.5 Å². The van der Waals surface area contributed by atoms with Gasteiger partial charge in [-0.3, -0.25) is 9.48 Å². The number of hydrogen-bond donors (Lipinski definition) is 1. The number of hydrogen-bond acceptors (Lipinski definition) is 3. The number of unbranched alkanes of at least 4 members (excludes halogenated alkanes) is 5. The van der Waals surface area contributed by atoms with E-state index in [1.54, 1.807) is 17.8 Å². The molecule has 0 fully saturated rings. The number of carbonyl (C=O) groups excluding carboxylic acids is 1. The molecule has 2 rings (SSSR count). The number of amides is 1.